The van der Waals surface area contributed by atoms with Crippen molar-refractivity contribution in [3.63, 3.8) is 0 Å². The van der Waals surface area contributed by atoms with Crippen LogP contribution in [0.15, 0.2) is 29.2 Å². The maximum Gasteiger partial charge on any atom is 0.421 e. The highest BCUT2D eigenvalue weighted by atomic mass is 32.2. The molecule has 0 bridgehead atoms. The van der Waals surface area contributed by atoms with E-state index in [1.807, 2.05) is 13.8 Å². The molecule has 2 aliphatic rings. The fraction of sp³-hybridized carbons (Fsp3) is 0.714. The van der Waals surface area contributed by atoms with Gasteiger partial charge in [0.25, 0.3) is 0 Å². The molecule has 2 fully saturated rings. The van der Waals surface area contributed by atoms with Crippen LogP contribution < -0.4 is 0 Å². The van der Waals surface area contributed by atoms with Crippen molar-refractivity contribution in [2.24, 2.45) is 5.41 Å². The summed E-state index contributed by atoms with van der Waals surface area (Å²) in [5.74, 6) is 0. The molecule has 1 saturated heterocycles. The second-order valence-corrected chi connectivity index (χ2v) is 11.5. The summed E-state index contributed by atoms with van der Waals surface area (Å²) < 4.78 is 66.7. The van der Waals surface area contributed by atoms with Crippen molar-refractivity contribution in [3.8, 4) is 0 Å². The Morgan fingerprint density at radius 1 is 1.06 bits per heavy atom. The molecule has 0 amide bonds. The number of piperazine rings is 1. The predicted molar refractivity (Wildman–Crippen MR) is 110 cm³/mol. The first kappa shape index (κ1) is 24.4. The largest absolute Gasteiger partial charge is 0.421 e. The molecule has 0 spiro atoms. The fourth-order valence-electron chi connectivity index (χ4n) is 4.31. The third-order valence-electron chi connectivity index (χ3n) is 6.90. The average Bonchev–Trinajstić information content (AvgIpc) is 3.41. The molecule has 2 atom stereocenters. The minimum absolute atomic E-state index is 0.107. The van der Waals surface area contributed by atoms with E-state index < -0.39 is 33.0 Å². The lowest BCUT2D eigenvalue weighted by Gasteiger charge is -2.42. The lowest BCUT2D eigenvalue weighted by Crippen LogP contribution is -2.56. The minimum atomic E-state index is -4.87. The van der Waals surface area contributed by atoms with Crippen LogP contribution in [0, 0.1) is 5.41 Å². The lowest BCUT2D eigenvalue weighted by atomic mass is 9.87. The average molecular weight is 465 g/mol. The molecule has 1 saturated carbocycles. The number of benzene rings is 1. The van der Waals surface area contributed by atoms with Crippen molar-refractivity contribution in [1.29, 1.82) is 0 Å². The molecule has 1 aromatic carbocycles. The Balaban J connectivity index is 1.72. The van der Waals surface area contributed by atoms with Crippen molar-refractivity contribution in [2.45, 2.75) is 68.9 Å². The molecule has 1 aliphatic heterocycles. The molecule has 1 aliphatic carbocycles. The number of sulfonamides is 1. The Bertz CT molecular complexity index is 904. The summed E-state index contributed by atoms with van der Waals surface area (Å²) >= 11 is 0. The molecular formula is C21H31F3N2O4S. The summed E-state index contributed by atoms with van der Waals surface area (Å²) in [5.41, 5.74) is -4.43. The number of nitrogens with zero attached hydrogens (tertiary/aromatic N) is 2. The van der Waals surface area contributed by atoms with Crippen LogP contribution in [0.2, 0.25) is 0 Å². The standard InChI is InChI=1S/C21H31F3N2O4S/c1-15-13-25(14-20(9-10-20)18(2,3)27)11-12-26(15)31(29,30)17-7-5-16(6-8-17)19(4,28)21(22,23)24/h5-8,15,27-28H,9-14H2,1-4H3/t15-,19?/m1/s1. The quantitative estimate of drug-likeness (QED) is 0.677. The van der Waals surface area contributed by atoms with Gasteiger partial charge in [0.2, 0.25) is 10.0 Å². The molecule has 2 N–H and O–H groups in total. The second kappa shape index (κ2) is 7.69. The van der Waals surface area contributed by atoms with Gasteiger partial charge in [-0.15, -0.1) is 0 Å². The van der Waals surface area contributed by atoms with Crippen LogP contribution in [0.1, 0.15) is 46.1 Å². The molecule has 0 radical (unpaired) electrons. The van der Waals surface area contributed by atoms with Crippen LogP contribution in [0.3, 0.4) is 0 Å². The summed E-state index contributed by atoms with van der Waals surface area (Å²) in [5, 5.41) is 20.2. The second-order valence-electron chi connectivity index (χ2n) is 9.63. The van der Waals surface area contributed by atoms with Crippen LogP contribution in [-0.2, 0) is 15.6 Å². The van der Waals surface area contributed by atoms with Crippen molar-refractivity contribution >= 4 is 10.0 Å². The maximum atomic E-state index is 13.1. The Morgan fingerprint density at radius 2 is 1.61 bits per heavy atom. The van der Waals surface area contributed by atoms with Gasteiger partial charge in [-0.25, -0.2) is 8.42 Å². The number of hydrogen-bond donors (Lipinski definition) is 2. The molecule has 1 heterocycles. The van der Waals surface area contributed by atoms with Crippen LogP contribution in [-0.4, -0.2) is 71.8 Å². The van der Waals surface area contributed by atoms with Crippen LogP contribution >= 0.6 is 0 Å². The molecule has 3 rings (SSSR count). The summed E-state index contributed by atoms with van der Waals surface area (Å²) in [6.45, 7) is 8.05. The number of hydrogen-bond acceptors (Lipinski definition) is 5. The van der Waals surface area contributed by atoms with E-state index in [1.165, 1.54) is 4.31 Å². The highest BCUT2D eigenvalue weighted by Gasteiger charge is 2.55. The van der Waals surface area contributed by atoms with E-state index >= 15 is 0 Å². The molecule has 31 heavy (non-hydrogen) atoms. The van der Waals surface area contributed by atoms with Crippen molar-refractivity contribution in [2.75, 3.05) is 26.2 Å². The number of alkyl halides is 3. The number of halogens is 3. The van der Waals surface area contributed by atoms with Gasteiger partial charge >= 0.3 is 6.18 Å². The zero-order chi connectivity index (χ0) is 23.5. The summed E-state index contributed by atoms with van der Waals surface area (Å²) in [4.78, 5) is 2.07. The van der Waals surface area contributed by atoms with Crippen LogP contribution in [0.5, 0.6) is 0 Å². The first-order valence-electron chi connectivity index (χ1n) is 10.4. The number of aliphatic hydroxyl groups is 2. The molecule has 10 heteroatoms. The number of rotatable bonds is 6. The van der Waals surface area contributed by atoms with Gasteiger partial charge in [-0.3, -0.25) is 4.90 Å². The molecule has 1 unspecified atom stereocenters. The van der Waals surface area contributed by atoms with Crippen molar-refractivity contribution < 1.29 is 31.8 Å². The Labute approximate surface area is 181 Å². The molecule has 1 aromatic rings. The molecule has 6 nitrogen and oxygen atoms in total. The van der Waals surface area contributed by atoms with Gasteiger partial charge in [0.05, 0.1) is 10.5 Å². The van der Waals surface area contributed by atoms with Gasteiger partial charge in [0.15, 0.2) is 5.60 Å². The fourth-order valence-corrected chi connectivity index (χ4v) is 5.92. The Hall–Kier alpha value is -1.20. The lowest BCUT2D eigenvalue weighted by molar-refractivity contribution is -0.258. The highest BCUT2D eigenvalue weighted by molar-refractivity contribution is 7.89. The monoisotopic (exact) mass is 464 g/mol. The smallest absolute Gasteiger partial charge is 0.390 e. The van der Waals surface area contributed by atoms with Crippen LogP contribution in [0.25, 0.3) is 0 Å². The highest BCUT2D eigenvalue weighted by Crippen LogP contribution is 2.54. The van der Waals surface area contributed by atoms with E-state index in [-0.39, 0.29) is 22.9 Å². The van der Waals surface area contributed by atoms with E-state index in [1.54, 1.807) is 6.92 Å². The third kappa shape index (κ3) is 4.50. The van der Waals surface area contributed by atoms with Gasteiger partial charge < -0.3 is 10.2 Å². The van der Waals surface area contributed by atoms with Gasteiger partial charge in [-0.1, -0.05) is 12.1 Å². The summed E-state index contributed by atoms with van der Waals surface area (Å²) in [7, 11) is -3.89. The predicted octanol–water partition coefficient (Wildman–Crippen LogP) is 2.70. The van der Waals surface area contributed by atoms with E-state index in [9.17, 15) is 31.8 Å². The first-order valence-corrected chi connectivity index (χ1v) is 11.8. The zero-order valence-electron chi connectivity index (χ0n) is 18.3. The Morgan fingerprint density at radius 3 is 2.03 bits per heavy atom. The van der Waals surface area contributed by atoms with E-state index in [0.717, 1.165) is 37.1 Å². The Kier molecular flexibility index (Phi) is 6.06. The van der Waals surface area contributed by atoms with Gasteiger partial charge in [-0.05, 0) is 58.2 Å². The molecular weight excluding hydrogens is 433 g/mol. The first-order chi connectivity index (χ1) is 14.0. The summed E-state index contributed by atoms with van der Waals surface area (Å²) in [6, 6.07) is 3.90. The van der Waals surface area contributed by atoms with E-state index in [0.29, 0.717) is 26.6 Å². The SMILES string of the molecule is C[C@@H]1CN(CC2(C(C)(C)O)CC2)CCN1S(=O)(=O)c1ccc(C(C)(O)C(F)(F)F)cc1. The van der Waals surface area contributed by atoms with Crippen molar-refractivity contribution in [3.05, 3.63) is 29.8 Å². The molecule has 176 valence electrons. The topological polar surface area (TPSA) is 81.1 Å². The van der Waals surface area contributed by atoms with Crippen molar-refractivity contribution in [1.82, 2.24) is 9.21 Å². The molecule has 0 aromatic heterocycles. The maximum absolute atomic E-state index is 13.1. The third-order valence-corrected chi connectivity index (χ3v) is 8.93. The van der Waals surface area contributed by atoms with Gasteiger partial charge in [0, 0.05) is 37.6 Å². The summed E-state index contributed by atoms with van der Waals surface area (Å²) in [6.07, 6.45) is -2.99. The normalized spacial score (nSPS) is 25.3. The van der Waals surface area contributed by atoms with E-state index in [4.69, 9.17) is 0 Å². The van der Waals surface area contributed by atoms with Crippen LogP contribution in [0.4, 0.5) is 13.2 Å². The van der Waals surface area contributed by atoms with Gasteiger partial charge in [-0.2, -0.15) is 17.5 Å². The minimum Gasteiger partial charge on any atom is -0.390 e. The zero-order valence-corrected chi connectivity index (χ0v) is 19.1. The van der Waals surface area contributed by atoms with E-state index in [2.05, 4.69) is 4.90 Å². The van der Waals surface area contributed by atoms with Gasteiger partial charge in [0.1, 0.15) is 0 Å².